The summed E-state index contributed by atoms with van der Waals surface area (Å²) in [5.74, 6) is -1.76. The summed E-state index contributed by atoms with van der Waals surface area (Å²) in [6, 6.07) is 11.0. The lowest BCUT2D eigenvalue weighted by atomic mass is 9.77. The first-order valence-electron chi connectivity index (χ1n) is 14.1. The summed E-state index contributed by atoms with van der Waals surface area (Å²) in [7, 11) is 1.90. The van der Waals surface area contributed by atoms with E-state index in [4.69, 9.17) is 4.74 Å². The van der Waals surface area contributed by atoms with E-state index in [0.717, 1.165) is 39.7 Å². The third-order valence-corrected chi connectivity index (χ3v) is 9.42. The average Bonchev–Trinajstić information content (AvgIpc) is 3.54. The molecular formula is C31H33BrN4O5. The fourth-order valence-electron chi connectivity index (χ4n) is 6.66. The smallest absolute Gasteiger partial charge is 0.307 e. The molecule has 1 fully saturated rings. The van der Waals surface area contributed by atoms with Crippen LogP contribution in [-0.4, -0.2) is 55.3 Å². The van der Waals surface area contributed by atoms with Gasteiger partial charge >= 0.3 is 5.97 Å². The molecule has 0 saturated heterocycles. The highest BCUT2D eigenvalue weighted by Gasteiger charge is 2.44. The van der Waals surface area contributed by atoms with Gasteiger partial charge in [-0.2, -0.15) is 0 Å². The number of aromatic nitrogens is 2. The zero-order chi connectivity index (χ0) is 28.7. The van der Waals surface area contributed by atoms with Crippen LogP contribution in [0, 0.1) is 11.8 Å². The van der Waals surface area contributed by atoms with Crippen LogP contribution in [0.1, 0.15) is 64.5 Å². The Balaban J connectivity index is 1.38. The van der Waals surface area contributed by atoms with Gasteiger partial charge in [-0.3, -0.25) is 14.4 Å². The zero-order valence-electron chi connectivity index (χ0n) is 23.0. The third kappa shape index (κ3) is 5.25. The standard InChI is InChI=1S/C31H33BrN4O5/c1-34-15-20(33-18-34)17-41-27-11-10-25(32)24-12-13-36(30(38)22-8-4-5-9-23(22)31(39)40)26(28(24)27)16-35-14-19-6-2-3-7-21(19)29(35)37/h2-3,6-7,10-11,15,18,22-23,26H,4-5,8-9,12-14,16-17H2,1H3,(H,39,40)/t22?,23?,26-/m1/s1. The molecule has 0 spiro atoms. The van der Waals surface area contributed by atoms with E-state index >= 15 is 0 Å². The summed E-state index contributed by atoms with van der Waals surface area (Å²) in [6.45, 7) is 1.44. The number of carbonyl (C=O) groups is 3. The first kappa shape index (κ1) is 27.5. The van der Waals surface area contributed by atoms with E-state index in [-0.39, 0.29) is 25.0 Å². The Bertz CT molecular complexity index is 1500. The number of rotatable bonds is 7. The normalized spacial score (nSPS) is 21.9. The molecule has 1 aliphatic carbocycles. The van der Waals surface area contributed by atoms with E-state index in [2.05, 4.69) is 20.9 Å². The predicted molar refractivity (Wildman–Crippen MR) is 154 cm³/mol. The van der Waals surface area contributed by atoms with E-state index in [1.807, 2.05) is 59.1 Å². The Labute approximate surface area is 247 Å². The predicted octanol–water partition coefficient (Wildman–Crippen LogP) is 4.73. The van der Waals surface area contributed by atoms with Crippen molar-refractivity contribution in [1.82, 2.24) is 19.4 Å². The van der Waals surface area contributed by atoms with Gasteiger partial charge in [0.25, 0.3) is 5.91 Å². The molecule has 0 radical (unpaired) electrons. The molecule has 3 atom stereocenters. The van der Waals surface area contributed by atoms with Gasteiger partial charge in [-0.05, 0) is 48.6 Å². The topological polar surface area (TPSA) is 105 Å². The summed E-state index contributed by atoms with van der Waals surface area (Å²) >= 11 is 3.72. The molecule has 2 aliphatic heterocycles. The van der Waals surface area contributed by atoms with Gasteiger partial charge < -0.3 is 24.2 Å². The molecule has 3 heterocycles. The lowest BCUT2D eigenvalue weighted by molar-refractivity contribution is -0.153. The number of carbonyl (C=O) groups excluding carboxylic acids is 2. The number of hydrogen-bond acceptors (Lipinski definition) is 5. The maximum atomic E-state index is 14.2. The number of aliphatic carboxylic acids is 1. The number of benzene rings is 2. The van der Waals surface area contributed by atoms with E-state index in [1.54, 1.807) is 11.2 Å². The molecular weight excluding hydrogens is 588 g/mol. The summed E-state index contributed by atoms with van der Waals surface area (Å²) in [6.07, 6.45) is 6.92. The minimum absolute atomic E-state index is 0.0628. The molecule has 1 saturated carbocycles. The molecule has 3 aromatic rings. The number of halogens is 1. The molecule has 0 bridgehead atoms. The van der Waals surface area contributed by atoms with Crippen molar-refractivity contribution >= 4 is 33.7 Å². The van der Waals surface area contributed by atoms with Crippen molar-refractivity contribution in [2.24, 2.45) is 18.9 Å². The highest BCUT2D eigenvalue weighted by atomic mass is 79.9. The minimum atomic E-state index is -0.913. The van der Waals surface area contributed by atoms with E-state index in [9.17, 15) is 19.5 Å². The third-order valence-electron chi connectivity index (χ3n) is 8.68. The number of carboxylic acids is 1. The van der Waals surface area contributed by atoms with Crippen LogP contribution < -0.4 is 4.74 Å². The Morgan fingerprint density at radius 1 is 1.12 bits per heavy atom. The first-order valence-corrected chi connectivity index (χ1v) is 14.9. The number of amides is 2. The van der Waals surface area contributed by atoms with Crippen molar-refractivity contribution in [2.75, 3.05) is 13.1 Å². The molecule has 3 aliphatic rings. The van der Waals surface area contributed by atoms with Crippen LogP contribution in [0.4, 0.5) is 0 Å². The fraction of sp³-hybridized carbons (Fsp3) is 0.419. The Hall–Kier alpha value is -3.66. The van der Waals surface area contributed by atoms with Crippen LogP contribution in [-0.2, 0) is 36.2 Å². The highest BCUT2D eigenvalue weighted by Crippen LogP contribution is 2.43. The van der Waals surface area contributed by atoms with Crippen molar-refractivity contribution in [3.63, 3.8) is 0 Å². The molecule has 9 nitrogen and oxygen atoms in total. The van der Waals surface area contributed by atoms with Crippen LogP contribution in [0.15, 0.2) is 53.4 Å². The van der Waals surface area contributed by atoms with Gasteiger partial charge in [0.2, 0.25) is 5.91 Å². The SMILES string of the molecule is Cn1cnc(COc2ccc(Br)c3c2[C@@H](CN2Cc4ccccc4C2=O)N(C(=O)C2CCCCC2C(=O)O)CC3)c1. The zero-order valence-corrected chi connectivity index (χ0v) is 24.5. The van der Waals surface area contributed by atoms with Crippen LogP contribution >= 0.6 is 15.9 Å². The van der Waals surface area contributed by atoms with Gasteiger partial charge in [0.05, 0.1) is 29.9 Å². The number of carboxylic acid groups (broad SMARTS) is 1. The van der Waals surface area contributed by atoms with E-state index in [1.165, 1.54) is 0 Å². The number of imidazole rings is 1. The van der Waals surface area contributed by atoms with Crippen molar-refractivity contribution in [1.29, 1.82) is 0 Å². The van der Waals surface area contributed by atoms with Crippen LogP contribution in [0.5, 0.6) is 5.75 Å². The van der Waals surface area contributed by atoms with E-state index in [0.29, 0.717) is 43.7 Å². The quantitative estimate of drug-likeness (QED) is 0.409. The largest absolute Gasteiger partial charge is 0.487 e. The Morgan fingerprint density at radius 3 is 2.63 bits per heavy atom. The second-order valence-electron chi connectivity index (χ2n) is 11.2. The lowest BCUT2D eigenvalue weighted by Crippen LogP contribution is -2.50. The summed E-state index contributed by atoms with van der Waals surface area (Å²) in [4.78, 5) is 47.8. The van der Waals surface area contributed by atoms with Gasteiger partial charge in [-0.1, -0.05) is 47.0 Å². The second kappa shape index (κ2) is 11.3. The highest BCUT2D eigenvalue weighted by molar-refractivity contribution is 9.10. The fourth-order valence-corrected chi connectivity index (χ4v) is 7.20. The molecule has 2 aromatic carbocycles. The molecule has 2 unspecified atom stereocenters. The Morgan fingerprint density at radius 2 is 1.90 bits per heavy atom. The summed E-state index contributed by atoms with van der Waals surface area (Å²) in [5, 5.41) is 9.95. The Kier molecular flexibility index (Phi) is 7.59. The van der Waals surface area contributed by atoms with Gasteiger partial charge in [0.15, 0.2) is 0 Å². The number of hydrogen-bond donors (Lipinski definition) is 1. The molecule has 214 valence electrons. The van der Waals surface area contributed by atoms with Crippen molar-refractivity contribution in [3.8, 4) is 5.75 Å². The second-order valence-corrected chi connectivity index (χ2v) is 12.1. The van der Waals surface area contributed by atoms with Crippen molar-refractivity contribution in [2.45, 2.75) is 51.3 Å². The molecule has 6 rings (SSSR count). The van der Waals surface area contributed by atoms with Gasteiger partial charge in [0.1, 0.15) is 12.4 Å². The maximum absolute atomic E-state index is 14.2. The van der Waals surface area contributed by atoms with Crippen LogP contribution in [0.25, 0.3) is 0 Å². The number of aryl methyl sites for hydroxylation is 1. The summed E-state index contributed by atoms with van der Waals surface area (Å²) in [5.41, 5.74) is 4.33. The summed E-state index contributed by atoms with van der Waals surface area (Å²) < 4.78 is 9.13. The van der Waals surface area contributed by atoms with Gasteiger partial charge in [-0.15, -0.1) is 0 Å². The van der Waals surface area contributed by atoms with Crippen LogP contribution in [0.3, 0.4) is 0 Å². The number of ether oxygens (including phenoxy) is 1. The lowest BCUT2D eigenvalue weighted by Gasteiger charge is -2.43. The number of nitrogens with zero attached hydrogens (tertiary/aromatic N) is 4. The van der Waals surface area contributed by atoms with Crippen molar-refractivity contribution < 1.29 is 24.2 Å². The molecule has 1 N–H and O–H groups in total. The van der Waals surface area contributed by atoms with Crippen molar-refractivity contribution in [3.05, 3.63) is 81.3 Å². The number of fused-ring (bicyclic) bond motifs is 2. The van der Waals surface area contributed by atoms with Gasteiger partial charge in [0, 0.05) is 48.5 Å². The van der Waals surface area contributed by atoms with Crippen LogP contribution in [0.2, 0.25) is 0 Å². The van der Waals surface area contributed by atoms with E-state index < -0.39 is 23.8 Å². The van der Waals surface area contributed by atoms with Gasteiger partial charge in [-0.25, -0.2) is 4.98 Å². The molecule has 10 heteroatoms. The maximum Gasteiger partial charge on any atom is 0.307 e. The molecule has 2 amide bonds. The minimum Gasteiger partial charge on any atom is -0.487 e. The molecule has 41 heavy (non-hydrogen) atoms. The first-order chi connectivity index (χ1) is 19.8. The average molecular weight is 622 g/mol. The molecule has 1 aromatic heterocycles. The monoisotopic (exact) mass is 620 g/mol.